The molecule has 1 fully saturated rings. The van der Waals surface area contributed by atoms with Gasteiger partial charge >= 0.3 is 0 Å². The van der Waals surface area contributed by atoms with Crippen molar-refractivity contribution >= 4 is 0 Å². The van der Waals surface area contributed by atoms with Crippen molar-refractivity contribution < 1.29 is 0 Å². The maximum Gasteiger partial charge on any atom is 0.00508 e. The molecule has 1 aliphatic heterocycles. The van der Waals surface area contributed by atoms with Gasteiger partial charge in [-0.05, 0) is 64.7 Å². The zero-order valence-corrected chi connectivity index (χ0v) is 11.5. The van der Waals surface area contributed by atoms with Crippen molar-refractivity contribution in [2.24, 2.45) is 5.92 Å². The number of rotatable bonds is 7. The molecule has 0 aromatic heterocycles. The fourth-order valence-corrected chi connectivity index (χ4v) is 2.49. The molecule has 1 unspecified atom stereocenters. The standard InChI is InChI=1S/C14H30N2/c1-4-9-15-13(3)6-10-16-11-7-14(5-2)8-12-16/h13-15H,4-12H2,1-3H3. The fraction of sp³-hybridized carbons (Fsp3) is 1.00. The highest BCUT2D eigenvalue weighted by molar-refractivity contribution is 4.72. The van der Waals surface area contributed by atoms with Crippen LogP contribution in [-0.2, 0) is 0 Å². The lowest BCUT2D eigenvalue weighted by molar-refractivity contribution is 0.175. The van der Waals surface area contributed by atoms with Gasteiger partial charge in [-0.3, -0.25) is 0 Å². The first kappa shape index (κ1) is 14.0. The molecule has 0 saturated carbocycles. The molecule has 0 aliphatic carbocycles. The third kappa shape index (κ3) is 5.31. The third-order valence-corrected chi connectivity index (χ3v) is 3.91. The molecule has 1 saturated heterocycles. The first-order chi connectivity index (χ1) is 7.76. The third-order valence-electron chi connectivity index (χ3n) is 3.91. The Morgan fingerprint density at radius 2 is 1.94 bits per heavy atom. The summed E-state index contributed by atoms with van der Waals surface area (Å²) in [6.45, 7) is 12.0. The van der Waals surface area contributed by atoms with Gasteiger partial charge in [-0.15, -0.1) is 0 Å². The summed E-state index contributed by atoms with van der Waals surface area (Å²) in [5.74, 6) is 1.01. The van der Waals surface area contributed by atoms with Crippen LogP contribution >= 0.6 is 0 Å². The molecule has 1 N–H and O–H groups in total. The molecule has 96 valence electrons. The van der Waals surface area contributed by atoms with Gasteiger partial charge < -0.3 is 10.2 Å². The molecule has 1 heterocycles. The highest BCUT2D eigenvalue weighted by Gasteiger charge is 2.17. The van der Waals surface area contributed by atoms with Crippen LogP contribution in [0, 0.1) is 5.92 Å². The van der Waals surface area contributed by atoms with Gasteiger partial charge in [0, 0.05) is 6.04 Å². The van der Waals surface area contributed by atoms with E-state index in [9.17, 15) is 0 Å². The first-order valence-corrected chi connectivity index (χ1v) is 7.22. The molecule has 16 heavy (non-hydrogen) atoms. The second-order valence-electron chi connectivity index (χ2n) is 5.34. The van der Waals surface area contributed by atoms with Crippen LogP contribution in [0.3, 0.4) is 0 Å². The fourth-order valence-electron chi connectivity index (χ4n) is 2.49. The maximum absolute atomic E-state index is 3.57. The van der Waals surface area contributed by atoms with Crippen LogP contribution in [0.1, 0.15) is 52.9 Å². The van der Waals surface area contributed by atoms with Crippen molar-refractivity contribution in [2.75, 3.05) is 26.2 Å². The second-order valence-corrected chi connectivity index (χ2v) is 5.34. The lowest BCUT2D eigenvalue weighted by Crippen LogP contribution is -2.37. The number of piperidine rings is 1. The molecule has 0 bridgehead atoms. The van der Waals surface area contributed by atoms with Crippen LogP contribution in [0.25, 0.3) is 0 Å². The van der Waals surface area contributed by atoms with Gasteiger partial charge in [0.05, 0.1) is 0 Å². The Morgan fingerprint density at radius 3 is 2.50 bits per heavy atom. The summed E-state index contributed by atoms with van der Waals surface area (Å²) in [5.41, 5.74) is 0. The van der Waals surface area contributed by atoms with Crippen molar-refractivity contribution in [3.63, 3.8) is 0 Å². The largest absolute Gasteiger partial charge is 0.314 e. The maximum atomic E-state index is 3.57. The predicted octanol–water partition coefficient (Wildman–Crippen LogP) is 2.89. The molecule has 1 rings (SSSR count). The first-order valence-electron chi connectivity index (χ1n) is 7.22. The normalized spacial score (nSPS) is 21.2. The Balaban J connectivity index is 2.05. The zero-order valence-electron chi connectivity index (χ0n) is 11.5. The SMILES string of the molecule is CCCNC(C)CCN1CCC(CC)CC1. The molecule has 0 aromatic carbocycles. The molecule has 1 atom stereocenters. The van der Waals surface area contributed by atoms with E-state index in [1.807, 2.05) is 0 Å². The van der Waals surface area contributed by atoms with Crippen LogP contribution in [0.5, 0.6) is 0 Å². The van der Waals surface area contributed by atoms with E-state index in [0.29, 0.717) is 6.04 Å². The summed E-state index contributed by atoms with van der Waals surface area (Å²) in [6.07, 6.45) is 6.77. The molecule has 0 amide bonds. The van der Waals surface area contributed by atoms with Crippen molar-refractivity contribution in [3.05, 3.63) is 0 Å². The molecule has 0 aromatic rings. The quantitative estimate of drug-likeness (QED) is 0.718. The van der Waals surface area contributed by atoms with Gasteiger partial charge in [0.1, 0.15) is 0 Å². The van der Waals surface area contributed by atoms with Gasteiger partial charge in [-0.2, -0.15) is 0 Å². The number of hydrogen-bond acceptors (Lipinski definition) is 2. The highest BCUT2D eigenvalue weighted by Crippen LogP contribution is 2.19. The summed E-state index contributed by atoms with van der Waals surface area (Å²) in [6, 6.07) is 0.684. The van der Waals surface area contributed by atoms with E-state index in [-0.39, 0.29) is 0 Å². The van der Waals surface area contributed by atoms with Gasteiger partial charge in [0.25, 0.3) is 0 Å². The van der Waals surface area contributed by atoms with E-state index in [1.165, 1.54) is 58.3 Å². The molecule has 2 heteroatoms. The van der Waals surface area contributed by atoms with Crippen molar-refractivity contribution in [1.82, 2.24) is 10.2 Å². The molecule has 0 radical (unpaired) electrons. The Bertz CT molecular complexity index is 162. The van der Waals surface area contributed by atoms with Crippen LogP contribution in [0.2, 0.25) is 0 Å². The van der Waals surface area contributed by atoms with Gasteiger partial charge in [0.2, 0.25) is 0 Å². The molecular weight excluding hydrogens is 196 g/mol. The van der Waals surface area contributed by atoms with Crippen LogP contribution in [0.4, 0.5) is 0 Å². The summed E-state index contributed by atoms with van der Waals surface area (Å²) < 4.78 is 0. The lowest BCUT2D eigenvalue weighted by atomic mass is 9.94. The monoisotopic (exact) mass is 226 g/mol. The number of nitrogens with zero attached hydrogens (tertiary/aromatic N) is 1. The topological polar surface area (TPSA) is 15.3 Å². The molecule has 0 spiro atoms. The summed E-state index contributed by atoms with van der Waals surface area (Å²) >= 11 is 0. The van der Waals surface area contributed by atoms with Crippen LogP contribution in [-0.4, -0.2) is 37.1 Å². The van der Waals surface area contributed by atoms with Crippen molar-refractivity contribution in [1.29, 1.82) is 0 Å². The minimum Gasteiger partial charge on any atom is -0.314 e. The van der Waals surface area contributed by atoms with Crippen molar-refractivity contribution in [2.45, 2.75) is 58.9 Å². The highest BCUT2D eigenvalue weighted by atomic mass is 15.1. The number of nitrogens with one attached hydrogen (secondary N) is 1. The van der Waals surface area contributed by atoms with E-state index in [4.69, 9.17) is 0 Å². The smallest absolute Gasteiger partial charge is 0.00508 e. The van der Waals surface area contributed by atoms with Crippen LogP contribution < -0.4 is 5.32 Å². The van der Waals surface area contributed by atoms with E-state index in [0.717, 1.165) is 5.92 Å². The average molecular weight is 226 g/mol. The number of hydrogen-bond donors (Lipinski definition) is 1. The van der Waals surface area contributed by atoms with E-state index in [2.05, 4.69) is 31.0 Å². The summed E-state index contributed by atoms with van der Waals surface area (Å²) in [7, 11) is 0. The Kier molecular flexibility index (Phi) is 7.06. The van der Waals surface area contributed by atoms with Gasteiger partial charge in [-0.1, -0.05) is 20.3 Å². The van der Waals surface area contributed by atoms with E-state index < -0.39 is 0 Å². The Hall–Kier alpha value is -0.0800. The summed E-state index contributed by atoms with van der Waals surface area (Å²) in [4.78, 5) is 2.65. The summed E-state index contributed by atoms with van der Waals surface area (Å²) in [5, 5.41) is 3.57. The second kappa shape index (κ2) is 8.08. The molecule has 1 aliphatic rings. The molecular formula is C14H30N2. The Labute approximate surface area is 102 Å². The van der Waals surface area contributed by atoms with Crippen molar-refractivity contribution in [3.8, 4) is 0 Å². The van der Waals surface area contributed by atoms with Gasteiger partial charge in [-0.25, -0.2) is 0 Å². The zero-order chi connectivity index (χ0) is 11.8. The Morgan fingerprint density at radius 1 is 1.25 bits per heavy atom. The predicted molar refractivity (Wildman–Crippen MR) is 71.8 cm³/mol. The average Bonchev–Trinajstić information content (AvgIpc) is 2.34. The van der Waals surface area contributed by atoms with E-state index >= 15 is 0 Å². The van der Waals surface area contributed by atoms with E-state index in [1.54, 1.807) is 0 Å². The van der Waals surface area contributed by atoms with Gasteiger partial charge in [0.15, 0.2) is 0 Å². The minimum atomic E-state index is 0.684. The lowest BCUT2D eigenvalue weighted by Gasteiger charge is -2.32. The molecule has 2 nitrogen and oxygen atoms in total. The number of likely N-dealkylation sites (tertiary alicyclic amines) is 1. The minimum absolute atomic E-state index is 0.684. The van der Waals surface area contributed by atoms with Crippen LogP contribution in [0.15, 0.2) is 0 Å².